The van der Waals surface area contributed by atoms with Gasteiger partial charge in [0.25, 0.3) is 0 Å². The summed E-state index contributed by atoms with van der Waals surface area (Å²) in [4.78, 5) is 0. The van der Waals surface area contributed by atoms with Gasteiger partial charge in [-0.05, 0) is 35.0 Å². The number of hydrogen-bond donors (Lipinski definition) is 0. The third-order valence-electron chi connectivity index (χ3n) is 3.36. The molecule has 0 amide bonds. The van der Waals surface area contributed by atoms with E-state index in [9.17, 15) is 0 Å². The van der Waals surface area contributed by atoms with Crippen LogP contribution in [0.3, 0.4) is 0 Å². The van der Waals surface area contributed by atoms with Gasteiger partial charge in [-0.1, -0.05) is 44.0 Å². The Labute approximate surface area is 133 Å². The summed E-state index contributed by atoms with van der Waals surface area (Å²) in [5.74, 6) is 1.52. The van der Waals surface area contributed by atoms with Crippen LogP contribution in [-0.2, 0) is 0 Å². The van der Waals surface area contributed by atoms with Crippen LogP contribution in [-0.4, -0.2) is 14.2 Å². The van der Waals surface area contributed by atoms with Crippen molar-refractivity contribution in [1.29, 1.82) is 0 Å². The van der Waals surface area contributed by atoms with E-state index in [0.29, 0.717) is 0 Å². The number of halogens is 2. The maximum Gasteiger partial charge on any atom is 0.169 e. The molecule has 3 aromatic carbocycles. The Hall–Kier alpha value is -1.26. The molecule has 3 rings (SSSR count). The normalized spacial score (nSPS) is 11.0. The van der Waals surface area contributed by atoms with Gasteiger partial charge < -0.3 is 9.47 Å². The van der Waals surface area contributed by atoms with Gasteiger partial charge in [0.1, 0.15) is 0 Å². The van der Waals surface area contributed by atoms with E-state index in [1.165, 1.54) is 0 Å². The molecular weight excluding hydrogens is 384 g/mol. The van der Waals surface area contributed by atoms with Crippen molar-refractivity contribution < 1.29 is 9.47 Å². The highest BCUT2D eigenvalue weighted by Crippen LogP contribution is 2.44. The van der Waals surface area contributed by atoms with Crippen LogP contribution < -0.4 is 9.47 Å². The van der Waals surface area contributed by atoms with Gasteiger partial charge in [-0.25, -0.2) is 0 Å². The Morgan fingerprint density at radius 2 is 1.05 bits per heavy atom. The van der Waals surface area contributed by atoms with Gasteiger partial charge in [-0.15, -0.1) is 0 Å². The van der Waals surface area contributed by atoms with Crippen LogP contribution >= 0.6 is 31.9 Å². The van der Waals surface area contributed by atoms with E-state index in [4.69, 9.17) is 9.47 Å². The monoisotopic (exact) mass is 394 g/mol. The molecular formula is C16H12Br2O2. The number of fused-ring (bicyclic) bond motifs is 3. The lowest BCUT2D eigenvalue weighted by molar-refractivity contribution is 0.362. The first-order valence-electron chi connectivity index (χ1n) is 6.08. The minimum absolute atomic E-state index is 0.759. The van der Waals surface area contributed by atoms with Crippen molar-refractivity contribution in [2.75, 3.05) is 14.2 Å². The van der Waals surface area contributed by atoms with Crippen LogP contribution in [0.1, 0.15) is 0 Å². The molecule has 102 valence electrons. The van der Waals surface area contributed by atoms with Gasteiger partial charge in [-0.2, -0.15) is 0 Å². The van der Waals surface area contributed by atoms with Crippen molar-refractivity contribution in [2.45, 2.75) is 0 Å². The van der Waals surface area contributed by atoms with Gasteiger partial charge in [0.15, 0.2) is 11.5 Å². The highest BCUT2D eigenvalue weighted by atomic mass is 79.9. The molecule has 0 radical (unpaired) electrons. The summed E-state index contributed by atoms with van der Waals surface area (Å²) in [6.07, 6.45) is 0. The minimum Gasteiger partial charge on any atom is -0.492 e. The Kier molecular flexibility index (Phi) is 3.61. The smallest absolute Gasteiger partial charge is 0.169 e. The largest absolute Gasteiger partial charge is 0.492 e. The van der Waals surface area contributed by atoms with E-state index in [2.05, 4.69) is 56.1 Å². The average molecular weight is 396 g/mol. The molecule has 20 heavy (non-hydrogen) atoms. The van der Waals surface area contributed by atoms with Crippen molar-refractivity contribution in [1.82, 2.24) is 0 Å². The van der Waals surface area contributed by atoms with Crippen LogP contribution in [0.15, 0.2) is 45.3 Å². The first-order chi connectivity index (χ1) is 9.65. The van der Waals surface area contributed by atoms with Crippen LogP contribution in [0, 0.1) is 0 Å². The third-order valence-corrected chi connectivity index (χ3v) is 4.34. The van der Waals surface area contributed by atoms with Gasteiger partial charge >= 0.3 is 0 Å². The van der Waals surface area contributed by atoms with E-state index in [1.807, 2.05) is 12.1 Å². The van der Waals surface area contributed by atoms with E-state index >= 15 is 0 Å². The zero-order valence-corrected chi connectivity index (χ0v) is 14.2. The lowest BCUT2D eigenvalue weighted by Gasteiger charge is -2.15. The lowest BCUT2D eigenvalue weighted by atomic mass is 10.00. The molecule has 0 unspecified atom stereocenters. The number of benzene rings is 3. The lowest BCUT2D eigenvalue weighted by Crippen LogP contribution is -1.94. The van der Waals surface area contributed by atoms with E-state index in [0.717, 1.165) is 42.0 Å². The molecule has 0 saturated heterocycles. The minimum atomic E-state index is 0.759. The summed E-state index contributed by atoms with van der Waals surface area (Å²) in [6, 6.07) is 12.4. The van der Waals surface area contributed by atoms with Crippen molar-refractivity contribution in [2.24, 2.45) is 0 Å². The van der Waals surface area contributed by atoms with Crippen molar-refractivity contribution >= 4 is 53.4 Å². The molecule has 0 atom stereocenters. The standard InChI is InChI=1S/C16H12Br2O2/c1-19-15-13-7-9(17)3-5-11(13)12-6-4-10(18)8-14(12)16(15)20-2/h3-8H,1-2H3. The molecule has 0 spiro atoms. The topological polar surface area (TPSA) is 18.5 Å². The van der Waals surface area contributed by atoms with E-state index in [1.54, 1.807) is 14.2 Å². The van der Waals surface area contributed by atoms with Gasteiger partial charge in [0.2, 0.25) is 0 Å². The Bertz CT molecular complexity index is 744. The summed E-state index contributed by atoms with van der Waals surface area (Å²) < 4.78 is 13.2. The molecule has 0 fully saturated rings. The average Bonchev–Trinajstić information content (AvgIpc) is 2.45. The van der Waals surface area contributed by atoms with E-state index < -0.39 is 0 Å². The molecule has 0 saturated carbocycles. The molecule has 0 aromatic heterocycles. The third kappa shape index (κ3) is 2.07. The SMILES string of the molecule is COc1c(OC)c2cc(Br)ccc2c2ccc(Br)cc12. The maximum atomic E-state index is 5.59. The molecule has 0 N–H and O–H groups in total. The molecule has 4 heteroatoms. The van der Waals surface area contributed by atoms with Crippen LogP contribution in [0.2, 0.25) is 0 Å². The van der Waals surface area contributed by atoms with Gasteiger partial charge in [-0.3, -0.25) is 0 Å². The summed E-state index contributed by atoms with van der Waals surface area (Å²) in [5, 5.41) is 4.36. The van der Waals surface area contributed by atoms with Gasteiger partial charge in [0, 0.05) is 19.7 Å². The Morgan fingerprint density at radius 3 is 1.40 bits per heavy atom. The fraction of sp³-hybridized carbons (Fsp3) is 0.125. The molecule has 3 aromatic rings. The first-order valence-corrected chi connectivity index (χ1v) is 7.66. The predicted molar refractivity (Wildman–Crippen MR) is 90.0 cm³/mol. The molecule has 0 bridgehead atoms. The molecule has 2 nitrogen and oxygen atoms in total. The molecule has 0 aliphatic rings. The second-order valence-electron chi connectivity index (χ2n) is 4.45. The number of ether oxygens (including phenoxy) is 2. The highest BCUT2D eigenvalue weighted by molar-refractivity contribution is 9.10. The number of rotatable bonds is 2. The van der Waals surface area contributed by atoms with Crippen LogP contribution in [0.5, 0.6) is 11.5 Å². The summed E-state index contributed by atoms with van der Waals surface area (Å²) in [7, 11) is 3.34. The van der Waals surface area contributed by atoms with Crippen molar-refractivity contribution in [3.8, 4) is 11.5 Å². The van der Waals surface area contributed by atoms with Crippen molar-refractivity contribution in [3.05, 3.63) is 45.3 Å². The summed E-state index contributed by atoms with van der Waals surface area (Å²) in [6.45, 7) is 0. The van der Waals surface area contributed by atoms with Crippen LogP contribution in [0.25, 0.3) is 21.5 Å². The fourth-order valence-electron chi connectivity index (χ4n) is 2.53. The second kappa shape index (κ2) is 5.26. The Balaban J connectivity index is 2.60. The van der Waals surface area contributed by atoms with Crippen molar-refractivity contribution in [3.63, 3.8) is 0 Å². The summed E-state index contributed by atoms with van der Waals surface area (Å²) >= 11 is 7.03. The second-order valence-corrected chi connectivity index (χ2v) is 6.28. The zero-order chi connectivity index (χ0) is 14.3. The number of hydrogen-bond acceptors (Lipinski definition) is 2. The number of methoxy groups -OCH3 is 2. The maximum absolute atomic E-state index is 5.59. The first kappa shape index (κ1) is 13.7. The molecule has 0 heterocycles. The zero-order valence-electron chi connectivity index (χ0n) is 11.0. The van der Waals surface area contributed by atoms with Crippen LogP contribution in [0.4, 0.5) is 0 Å². The van der Waals surface area contributed by atoms with Gasteiger partial charge in [0.05, 0.1) is 14.2 Å². The fourth-order valence-corrected chi connectivity index (χ4v) is 3.25. The summed E-state index contributed by atoms with van der Waals surface area (Å²) in [5.41, 5.74) is 0. The highest BCUT2D eigenvalue weighted by Gasteiger charge is 2.16. The molecule has 0 aliphatic carbocycles. The molecule has 0 aliphatic heterocycles. The Morgan fingerprint density at radius 1 is 0.650 bits per heavy atom. The predicted octanol–water partition coefficient (Wildman–Crippen LogP) is 5.54. The quantitative estimate of drug-likeness (QED) is 0.530. The van der Waals surface area contributed by atoms with E-state index in [-0.39, 0.29) is 0 Å².